The van der Waals surface area contributed by atoms with Crippen molar-refractivity contribution in [2.24, 2.45) is 0 Å². The van der Waals surface area contributed by atoms with E-state index in [0.29, 0.717) is 5.02 Å². The Kier molecular flexibility index (Phi) is 4.12. The summed E-state index contributed by atoms with van der Waals surface area (Å²) in [5.41, 5.74) is 4.28. The maximum absolute atomic E-state index is 6.32. The first-order chi connectivity index (χ1) is 10.6. The van der Waals surface area contributed by atoms with Crippen molar-refractivity contribution in [3.63, 3.8) is 0 Å². The summed E-state index contributed by atoms with van der Waals surface area (Å²) < 4.78 is 0. The van der Waals surface area contributed by atoms with Crippen LogP contribution in [0, 0.1) is 0 Å². The number of pyridine rings is 1. The first-order valence-electron chi connectivity index (χ1n) is 7.14. The number of fused-ring (bicyclic) bond motifs is 1. The summed E-state index contributed by atoms with van der Waals surface area (Å²) in [7, 11) is 4.07. The molecular weight excluding hydrogens is 292 g/mol. The third kappa shape index (κ3) is 2.97. The second-order valence-corrected chi connectivity index (χ2v) is 5.76. The highest BCUT2D eigenvalue weighted by Gasteiger charge is 2.04. The van der Waals surface area contributed by atoms with Crippen LogP contribution in [0.1, 0.15) is 11.1 Å². The van der Waals surface area contributed by atoms with Crippen LogP contribution in [-0.4, -0.2) is 19.1 Å². The number of anilines is 1. The van der Waals surface area contributed by atoms with Crippen molar-refractivity contribution in [3.8, 4) is 0 Å². The smallest absolute Gasteiger partial charge is 0.0709 e. The molecule has 22 heavy (non-hydrogen) atoms. The molecule has 0 N–H and O–H groups in total. The number of aromatic nitrogens is 1. The van der Waals surface area contributed by atoms with Gasteiger partial charge in [-0.3, -0.25) is 4.98 Å². The highest BCUT2D eigenvalue weighted by atomic mass is 35.5. The molecule has 0 aliphatic heterocycles. The topological polar surface area (TPSA) is 16.1 Å². The molecule has 0 amide bonds. The van der Waals surface area contributed by atoms with E-state index in [2.05, 4.69) is 46.3 Å². The van der Waals surface area contributed by atoms with Gasteiger partial charge < -0.3 is 4.90 Å². The van der Waals surface area contributed by atoms with E-state index in [9.17, 15) is 0 Å². The van der Waals surface area contributed by atoms with E-state index in [1.54, 1.807) is 6.20 Å². The molecule has 3 rings (SSSR count). The van der Waals surface area contributed by atoms with Gasteiger partial charge in [0.1, 0.15) is 0 Å². The highest BCUT2D eigenvalue weighted by Crippen LogP contribution is 2.26. The van der Waals surface area contributed by atoms with Gasteiger partial charge in [-0.25, -0.2) is 0 Å². The van der Waals surface area contributed by atoms with E-state index in [1.165, 1.54) is 5.69 Å². The van der Waals surface area contributed by atoms with Crippen LogP contribution >= 0.6 is 11.6 Å². The van der Waals surface area contributed by atoms with Gasteiger partial charge in [-0.15, -0.1) is 0 Å². The Balaban J connectivity index is 1.97. The van der Waals surface area contributed by atoms with Crippen molar-refractivity contribution >= 4 is 40.3 Å². The van der Waals surface area contributed by atoms with Gasteiger partial charge in [0.05, 0.1) is 10.5 Å². The molecule has 0 aliphatic carbocycles. The van der Waals surface area contributed by atoms with Crippen LogP contribution in [-0.2, 0) is 0 Å². The zero-order valence-corrected chi connectivity index (χ0v) is 13.4. The quantitative estimate of drug-likeness (QED) is 0.667. The second kappa shape index (κ2) is 6.20. The third-order valence-electron chi connectivity index (χ3n) is 3.62. The fourth-order valence-corrected chi connectivity index (χ4v) is 2.58. The minimum absolute atomic E-state index is 0.667. The Morgan fingerprint density at radius 1 is 0.955 bits per heavy atom. The second-order valence-electron chi connectivity index (χ2n) is 5.36. The summed E-state index contributed by atoms with van der Waals surface area (Å²) in [5, 5.41) is 1.73. The van der Waals surface area contributed by atoms with Gasteiger partial charge in [0.15, 0.2) is 0 Å². The van der Waals surface area contributed by atoms with E-state index in [0.717, 1.165) is 22.0 Å². The molecule has 0 bridgehead atoms. The Bertz CT molecular complexity index is 820. The highest BCUT2D eigenvalue weighted by molar-refractivity contribution is 6.33. The molecule has 0 fully saturated rings. The lowest BCUT2D eigenvalue weighted by atomic mass is 10.1. The van der Waals surface area contributed by atoms with Gasteiger partial charge in [-0.05, 0) is 23.8 Å². The van der Waals surface area contributed by atoms with Crippen LogP contribution in [0.4, 0.5) is 5.69 Å². The van der Waals surface area contributed by atoms with E-state index >= 15 is 0 Å². The van der Waals surface area contributed by atoms with Gasteiger partial charge >= 0.3 is 0 Å². The minimum atomic E-state index is 0.667. The Labute approximate surface area is 135 Å². The van der Waals surface area contributed by atoms with Gasteiger partial charge in [0.25, 0.3) is 0 Å². The summed E-state index contributed by atoms with van der Waals surface area (Å²) in [6, 6.07) is 16.4. The van der Waals surface area contributed by atoms with Crippen LogP contribution in [0.2, 0.25) is 5.02 Å². The van der Waals surface area contributed by atoms with E-state index in [1.807, 2.05) is 38.4 Å². The normalized spacial score (nSPS) is 11.2. The fourth-order valence-electron chi connectivity index (χ4n) is 2.37. The van der Waals surface area contributed by atoms with Crippen molar-refractivity contribution < 1.29 is 0 Å². The van der Waals surface area contributed by atoms with E-state index in [-0.39, 0.29) is 0 Å². The van der Waals surface area contributed by atoms with Crippen molar-refractivity contribution in [1.29, 1.82) is 0 Å². The number of para-hydroxylation sites is 1. The molecule has 110 valence electrons. The lowest BCUT2D eigenvalue weighted by molar-refractivity contribution is 1.13. The average Bonchev–Trinajstić information content (AvgIpc) is 2.54. The Morgan fingerprint density at radius 3 is 2.41 bits per heavy atom. The van der Waals surface area contributed by atoms with Crippen molar-refractivity contribution in [1.82, 2.24) is 4.98 Å². The molecular formula is C19H17ClN2. The molecule has 3 heteroatoms. The maximum atomic E-state index is 6.32. The predicted molar refractivity (Wildman–Crippen MR) is 96.5 cm³/mol. The minimum Gasteiger partial charge on any atom is -0.378 e. The van der Waals surface area contributed by atoms with Gasteiger partial charge in [0.2, 0.25) is 0 Å². The SMILES string of the molecule is CN(C)c1ccc(/C=C\c2c(Cl)cnc3ccccc23)cc1. The molecule has 0 spiro atoms. The van der Waals surface area contributed by atoms with Gasteiger partial charge in [0, 0.05) is 36.9 Å². The van der Waals surface area contributed by atoms with E-state index in [4.69, 9.17) is 11.6 Å². The number of halogens is 1. The summed E-state index contributed by atoms with van der Waals surface area (Å²) >= 11 is 6.32. The Hall–Kier alpha value is -2.32. The lowest BCUT2D eigenvalue weighted by Gasteiger charge is -2.11. The molecule has 1 heterocycles. The summed E-state index contributed by atoms with van der Waals surface area (Å²) in [6.07, 6.45) is 5.84. The van der Waals surface area contributed by atoms with Crippen molar-refractivity contribution in [2.75, 3.05) is 19.0 Å². The average molecular weight is 309 g/mol. The number of hydrogen-bond donors (Lipinski definition) is 0. The van der Waals surface area contributed by atoms with Crippen LogP contribution in [0.3, 0.4) is 0 Å². The third-order valence-corrected chi connectivity index (χ3v) is 3.92. The first kappa shape index (κ1) is 14.6. The molecule has 0 saturated heterocycles. The van der Waals surface area contributed by atoms with Crippen LogP contribution < -0.4 is 4.90 Å². The molecule has 2 nitrogen and oxygen atoms in total. The van der Waals surface area contributed by atoms with Crippen molar-refractivity contribution in [3.05, 3.63) is 70.9 Å². The molecule has 0 radical (unpaired) electrons. The molecule has 0 atom stereocenters. The fraction of sp³-hybridized carbons (Fsp3) is 0.105. The van der Waals surface area contributed by atoms with Crippen LogP contribution in [0.5, 0.6) is 0 Å². The zero-order chi connectivity index (χ0) is 15.5. The number of benzene rings is 2. The van der Waals surface area contributed by atoms with Gasteiger partial charge in [-0.1, -0.05) is 54.1 Å². The summed E-state index contributed by atoms with van der Waals surface area (Å²) in [6.45, 7) is 0. The van der Waals surface area contributed by atoms with Crippen LogP contribution in [0.25, 0.3) is 23.1 Å². The first-order valence-corrected chi connectivity index (χ1v) is 7.51. The molecule has 1 aromatic heterocycles. The number of rotatable bonds is 3. The predicted octanol–water partition coefficient (Wildman–Crippen LogP) is 5.12. The van der Waals surface area contributed by atoms with Crippen molar-refractivity contribution in [2.45, 2.75) is 0 Å². The molecule has 2 aromatic carbocycles. The zero-order valence-electron chi connectivity index (χ0n) is 12.6. The number of nitrogens with zero attached hydrogens (tertiary/aromatic N) is 2. The summed E-state index contributed by atoms with van der Waals surface area (Å²) in [5.74, 6) is 0. The van der Waals surface area contributed by atoms with Crippen LogP contribution in [0.15, 0.2) is 54.7 Å². The molecule has 0 saturated carbocycles. The lowest BCUT2D eigenvalue weighted by Crippen LogP contribution is -2.07. The van der Waals surface area contributed by atoms with Gasteiger partial charge in [-0.2, -0.15) is 0 Å². The largest absolute Gasteiger partial charge is 0.378 e. The number of hydrogen-bond acceptors (Lipinski definition) is 2. The van der Waals surface area contributed by atoms with E-state index < -0.39 is 0 Å². The molecule has 3 aromatic rings. The monoisotopic (exact) mass is 308 g/mol. The summed E-state index contributed by atoms with van der Waals surface area (Å²) in [4.78, 5) is 6.44. The standard InChI is InChI=1S/C19H17ClN2/c1-22(2)15-10-7-14(8-11-15)9-12-16-17-5-3-4-6-19(17)21-13-18(16)20/h3-13H,1-2H3/b12-9-. The maximum Gasteiger partial charge on any atom is 0.0709 e. The molecule has 0 unspecified atom stereocenters. The Morgan fingerprint density at radius 2 is 1.68 bits per heavy atom. The molecule has 0 aliphatic rings.